The van der Waals surface area contributed by atoms with Crippen molar-refractivity contribution >= 4 is 17.3 Å². The van der Waals surface area contributed by atoms with E-state index >= 15 is 0 Å². The van der Waals surface area contributed by atoms with E-state index in [0.717, 1.165) is 44.1 Å². The molecule has 1 aromatic carbocycles. The molecule has 1 saturated heterocycles. The summed E-state index contributed by atoms with van der Waals surface area (Å²) in [7, 11) is 0. The van der Waals surface area contributed by atoms with Crippen molar-refractivity contribution in [1.82, 2.24) is 14.9 Å². The van der Waals surface area contributed by atoms with E-state index in [4.69, 9.17) is 5.73 Å². The smallest absolute Gasteiger partial charge is 0.157 e. The van der Waals surface area contributed by atoms with Gasteiger partial charge in [-0.15, -0.1) is 0 Å². The van der Waals surface area contributed by atoms with Crippen LogP contribution >= 0.6 is 0 Å². The van der Waals surface area contributed by atoms with Crippen molar-refractivity contribution in [2.75, 3.05) is 48.7 Å². The molecule has 0 bridgehead atoms. The molecule has 3 N–H and O–H groups in total. The van der Waals surface area contributed by atoms with Crippen LogP contribution in [-0.2, 0) is 6.54 Å². The lowest BCUT2D eigenvalue weighted by molar-refractivity contribution is 0.270. The van der Waals surface area contributed by atoms with Crippen molar-refractivity contribution in [2.45, 2.75) is 13.5 Å². The van der Waals surface area contributed by atoms with Crippen LogP contribution in [0, 0.1) is 5.82 Å². The van der Waals surface area contributed by atoms with Gasteiger partial charge in [-0.05, 0) is 24.2 Å². The van der Waals surface area contributed by atoms with E-state index in [1.54, 1.807) is 12.1 Å². The largest absolute Gasteiger partial charge is 0.393 e. The van der Waals surface area contributed by atoms with Crippen molar-refractivity contribution in [2.24, 2.45) is 0 Å². The molecule has 0 amide bonds. The zero-order valence-electron chi connectivity index (χ0n) is 13.9. The van der Waals surface area contributed by atoms with Gasteiger partial charge in [0.15, 0.2) is 11.6 Å². The summed E-state index contributed by atoms with van der Waals surface area (Å²) in [6.45, 7) is 7.61. The molecular weight excluding hydrogens is 307 g/mol. The van der Waals surface area contributed by atoms with E-state index in [9.17, 15) is 4.39 Å². The van der Waals surface area contributed by atoms with Gasteiger partial charge < -0.3 is 20.9 Å². The first kappa shape index (κ1) is 16.4. The molecule has 128 valence electrons. The molecule has 7 heteroatoms. The van der Waals surface area contributed by atoms with Crippen LogP contribution in [0.15, 0.2) is 30.6 Å². The molecule has 0 saturated carbocycles. The van der Waals surface area contributed by atoms with Gasteiger partial charge in [0.05, 0.1) is 0 Å². The first-order chi connectivity index (χ1) is 11.7. The Morgan fingerprint density at radius 1 is 1.12 bits per heavy atom. The minimum Gasteiger partial charge on any atom is -0.393 e. The predicted octanol–water partition coefficient (Wildman–Crippen LogP) is 1.95. The molecule has 0 unspecified atom stereocenters. The highest BCUT2D eigenvalue weighted by Gasteiger charge is 2.20. The molecule has 1 fully saturated rings. The van der Waals surface area contributed by atoms with E-state index in [0.29, 0.717) is 18.1 Å². The molecular formula is C17H23FN6. The van der Waals surface area contributed by atoms with Gasteiger partial charge in [-0.1, -0.05) is 19.1 Å². The molecule has 0 aliphatic carbocycles. The minimum atomic E-state index is -0.242. The maximum atomic E-state index is 13.0. The third kappa shape index (κ3) is 3.73. The van der Waals surface area contributed by atoms with Gasteiger partial charge in [-0.2, -0.15) is 0 Å². The van der Waals surface area contributed by atoms with E-state index in [2.05, 4.69) is 32.0 Å². The fourth-order valence-electron chi connectivity index (χ4n) is 2.84. The Labute approximate surface area is 141 Å². The highest BCUT2D eigenvalue weighted by Crippen LogP contribution is 2.27. The van der Waals surface area contributed by atoms with E-state index in [-0.39, 0.29) is 5.82 Å². The number of likely N-dealkylation sites (N-methyl/N-ethyl adjacent to an activating group) is 1. The SMILES string of the molecule is CCN1CCN(c2ncnc(NCc3ccc(F)cc3)c2N)CC1. The van der Waals surface area contributed by atoms with Crippen LogP contribution in [0.2, 0.25) is 0 Å². The van der Waals surface area contributed by atoms with E-state index in [1.165, 1.54) is 18.5 Å². The fraction of sp³-hybridized carbons (Fsp3) is 0.412. The molecule has 1 aliphatic rings. The van der Waals surface area contributed by atoms with Crippen LogP contribution in [0.4, 0.5) is 21.7 Å². The number of nitrogens with zero attached hydrogens (tertiary/aromatic N) is 4. The Balaban J connectivity index is 1.68. The molecule has 3 rings (SSSR count). The Hall–Kier alpha value is -2.41. The Bertz CT molecular complexity index is 667. The predicted molar refractivity (Wildman–Crippen MR) is 94.5 cm³/mol. The van der Waals surface area contributed by atoms with Crippen LogP contribution in [0.1, 0.15) is 12.5 Å². The molecule has 1 aromatic heterocycles. The number of hydrogen-bond acceptors (Lipinski definition) is 6. The first-order valence-electron chi connectivity index (χ1n) is 8.23. The molecule has 2 heterocycles. The van der Waals surface area contributed by atoms with Crippen molar-refractivity contribution in [1.29, 1.82) is 0 Å². The second kappa shape index (κ2) is 7.44. The first-order valence-corrected chi connectivity index (χ1v) is 8.23. The maximum absolute atomic E-state index is 13.0. The molecule has 2 aromatic rings. The average Bonchev–Trinajstić information content (AvgIpc) is 2.62. The zero-order valence-corrected chi connectivity index (χ0v) is 13.9. The highest BCUT2D eigenvalue weighted by atomic mass is 19.1. The summed E-state index contributed by atoms with van der Waals surface area (Å²) in [5.74, 6) is 1.15. The number of benzene rings is 1. The monoisotopic (exact) mass is 330 g/mol. The molecule has 0 spiro atoms. The van der Waals surface area contributed by atoms with Gasteiger partial charge in [-0.25, -0.2) is 14.4 Å². The fourth-order valence-corrected chi connectivity index (χ4v) is 2.84. The Morgan fingerprint density at radius 3 is 2.50 bits per heavy atom. The number of nitrogen functional groups attached to an aromatic ring is 1. The van der Waals surface area contributed by atoms with Crippen molar-refractivity contribution in [3.8, 4) is 0 Å². The van der Waals surface area contributed by atoms with E-state index in [1.807, 2.05) is 0 Å². The lowest BCUT2D eigenvalue weighted by Crippen LogP contribution is -2.46. The molecule has 0 radical (unpaired) electrons. The third-order valence-electron chi connectivity index (χ3n) is 4.36. The Kier molecular flexibility index (Phi) is 5.10. The van der Waals surface area contributed by atoms with E-state index < -0.39 is 0 Å². The van der Waals surface area contributed by atoms with Crippen molar-refractivity contribution < 1.29 is 4.39 Å². The summed E-state index contributed by atoms with van der Waals surface area (Å²) >= 11 is 0. The van der Waals surface area contributed by atoms with Crippen molar-refractivity contribution in [3.63, 3.8) is 0 Å². The summed E-state index contributed by atoms with van der Waals surface area (Å²) in [4.78, 5) is 13.2. The van der Waals surface area contributed by atoms with Gasteiger partial charge in [-0.3, -0.25) is 0 Å². The maximum Gasteiger partial charge on any atom is 0.157 e. The number of hydrogen-bond donors (Lipinski definition) is 2. The van der Waals surface area contributed by atoms with Crippen molar-refractivity contribution in [3.05, 3.63) is 42.0 Å². The number of nitrogens with one attached hydrogen (secondary N) is 1. The normalized spacial score (nSPS) is 15.5. The number of anilines is 3. The number of rotatable bonds is 5. The van der Waals surface area contributed by atoms with Gasteiger partial charge in [0.2, 0.25) is 0 Å². The third-order valence-corrected chi connectivity index (χ3v) is 4.36. The van der Waals surface area contributed by atoms with Crippen LogP contribution < -0.4 is 16.0 Å². The van der Waals surface area contributed by atoms with Crippen LogP contribution in [0.25, 0.3) is 0 Å². The minimum absolute atomic E-state index is 0.242. The van der Waals surface area contributed by atoms with Gasteiger partial charge in [0, 0.05) is 32.7 Å². The second-order valence-electron chi connectivity index (χ2n) is 5.86. The summed E-state index contributed by atoms with van der Waals surface area (Å²) in [5, 5.41) is 3.21. The molecule has 6 nitrogen and oxygen atoms in total. The van der Waals surface area contributed by atoms with Gasteiger partial charge >= 0.3 is 0 Å². The van der Waals surface area contributed by atoms with Crippen LogP contribution in [0.3, 0.4) is 0 Å². The highest BCUT2D eigenvalue weighted by molar-refractivity contribution is 5.75. The van der Waals surface area contributed by atoms with Gasteiger partial charge in [0.25, 0.3) is 0 Å². The standard InChI is InChI=1S/C17H23FN6/c1-2-23-7-9-24(10-8-23)17-15(19)16(21-12-22-17)20-11-13-3-5-14(18)6-4-13/h3-6,12H,2,7-11,19H2,1H3,(H,20,21,22). The van der Waals surface area contributed by atoms with Crippen LogP contribution in [-0.4, -0.2) is 47.6 Å². The second-order valence-corrected chi connectivity index (χ2v) is 5.86. The molecule has 1 aliphatic heterocycles. The lowest BCUT2D eigenvalue weighted by atomic mass is 10.2. The number of piperazine rings is 1. The summed E-state index contributed by atoms with van der Waals surface area (Å²) in [6, 6.07) is 6.37. The Morgan fingerprint density at radius 2 is 1.83 bits per heavy atom. The number of nitrogens with two attached hydrogens (primary N) is 1. The quantitative estimate of drug-likeness (QED) is 0.873. The number of halogens is 1. The summed E-state index contributed by atoms with van der Waals surface area (Å²) < 4.78 is 13.0. The zero-order chi connectivity index (χ0) is 16.9. The molecule has 0 atom stereocenters. The summed E-state index contributed by atoms with van der Waals surface area (Å²) in [5.41, 5.74) is 7.79. The number of aromatic nitrogens is 2. The lowest BCUT2D eigenvalue weighted by Gasteiger charge is -2.35. The topological polar surface area (TPSA) is 70.3 Å². The average molecular weight is 330 g/mol. The van der Waals surface area contributed by atoms with Gasteiger partial charge in [0.1, 0.15) is 17.8 Å². The molecule has 24 heavy (non-hydrogen) atoms. The summed E-state index contributed by atoms with van der Waals surface area (Å²) in [6.07, 6.45) is 1.53. The van der Waals surface area contributed by atoms with Crippen LogP contribution in [0.5, 0.6) is 0 Å².